The summed E-state index contributed by atoms with van der Waals surface area (Å²) in [6.07, 6.45) is 11.3. The molecule has 4 nitrogen and oxygen atoms in total. The molecule has 1 N–H and O–H groups in total. The van der Waals surface area contributed by atoms with Gasteiger partial charge in [0.25, 0.3) is 0 Å². The summed E-state index contributed by atoms with van der Waals surface area (Å²) in [6.45, 7) is 0. The lowest BCUT2D eigenvalue weighted by Crippen LogP contribution is -2.37. The molecule has 2 aliphatic rings. The van der Waals surface area contributed by atoms with Crippen molar-refractivity contribution in [3.05, 3.63) is 54.1 Å². The molecule has 1 aliphatic carbocycles. The molecule has 0 aromatic carbocycles. The van der Waals surface area contributed by atoms with Crippen molar-refractivity contribution in [3.8, 4) is 0 Å². The molecular formula is C18H22N4S. The molecule has 1 saturated carbocycles. The minimum absolute atomic E-state index is 0.117. The average Bonchev–Trinajstić information content (AvgIpc) is 3.27. The maximum absolute atomic E-state index is 5.72. The zero-order valence-corrected chi connectivity index (χ0v) is 14.2. The third-order valence-corrected chi connectivity index (χ3v) is 5.38. The van der Waals surface area contributed by atoms with E-state index in [1.807, 2.05) is 18.3 Å². The molecule has 4 rings (SSSR count). The Hall–Kier alpha value is -1.88. The summed E-state index contributed by atoms with van der Waals surface area (Å²) < 4.78 is 2.11. The molecule has 120 valence electrons. The van der Waals surface area contributed by atoms with E-state index in [1.165, 1.54) is 31.2 Å². The van der Waals surface area contributed by atoms with E-state index >= 15 is 0 Å². The van der Waals surface area contributed by atoms with Crippen molar-refractivity contribution in [3.63, 3.8) is 0 Å². The van der Waals surface area contributed by atoms with E-state index in [0.717, 1.165) is 10.8 Å². The second-order valence-corrected chi connectivity index (χ2v) is 6.97. The van der Waals surface area contributed by atoms with Crippen LogP contribution in [0.25, 0.3) is 0 Å². The van der Waals surface area contributed by atoms with Gasteiger partial charge in [0.05, 0.1) is 17.8 Å². The van der Waals surface area contributed by atoms with Crippen molar-refractivity contribution < 1.29 is 0 Å². The van der Waals surface area contributed by atoms with Crippen molar-refractivity contribution >= 4 is 17.3 Å². The van der Waals surface area contributed by atoms with E-state index in [0.29, 0.717) is 6.04 Å². The number of rotatable bonds is 3. The Morgan fingerprint density at radius 1 is 1.22 bits per heavy atom. The standard InChI is InChI=1S/C18H22N4S/c1-21-11-9-13(12-21)17-16(15-8-4-5-10-19-15)20-18(23)22(17)14-6-2-3-7-14/h4-5,8-12,14,16-17H,2-3,6-7H2,1H3,(H,20,23)/t16-,17+/m1/s1. The van der Waals surface area contributed by atoms with Crippen LogP contribution in [0.4, 0.5) is 0 Å². The molecule has 1 aliphatic heterocycles. The number of nitrogens with one attached hydrogen (secondary N) is 1. The van der Waals surface area contributed by atoms with Crippen molar-refractivity contribution in [2.24, 2.45) is 7.05 Å². The summed E-state index contributed by atoms with van der Waals surface area (Å²) in [5, 5.41) is 4.42. The lowest BCUT2D eigenvalue weighted by Gasteiger charge is -2.32. The normalized spacial score (nSPS) is 25.1. The monoisotopic (exact) mass is 326 g/mol. The van der Waals surface area contributed by atoms with E-state index in [-0.39, 0.29) is 12.1 Å². The first-order chi connectivity index (χ1) is 11.2. The number of thiocarbonyl (C=S) groups is 1. The Balaban J connectivity index is 1.75. The van der Waals surface area contributed by atoms with Crippen LogP contribution in [-0.2, 0) is 7.05 Å². The molecule has 2 atom stereocenters. The van der Waals surface area contributed by atoms with Crippen LogP contribution in [0.2, 0.25) is 0 Å². The highest BCUT2D eigenvalue weighted by molar-refractivity contribution is 7.80. The Morgan fingerprint density at radius 3 is 2.70 bits per heavy atom. The summed E-state index contributed by atoms with van der Waals surface area (Å²) in [7, 11) is 2.07. The van der Waals surface area contributed by atoms with Gasteiger partial charge < -0.3 is 14.8 Å². The highest BCUT2D eigenvalue weighted by atomic mass is 32.1. The molecule has 0 radical (unpaired) electrons. The van der Waals surface area contributed by atoms with Gasteiger partial charge in [-0.15, -0.1) is 0 Å². The Labute approximate surface area is 142 Å². The molecule has 0 bridgehead atoms. The molecule has 2 aromatic rings. The van der Waals surface area contributed by atoms with Crippen molar-refractivity contribution in [1.82, 2.24) is 19.8 Å². The Kier molecular flexibility index (Phi) is 3.81. The Morgan fingerprint density at radius 2 is 2.04 bits per heavy atom. The minimum atomic E-state index is 0.117. The number of nitrogens with zero attached hydrogens (tertiary/aromatic N) is 3. The fourth-order valence-electron chi connectivity index (χ4n) is 4.00. The van der Waals surface area contributed by atoms with Gasteiger partial charge in [-0.25, -0.2) is 0 Å². The van der Waals surface area contributed by atoms with Gasteiger partial charge in [-0.05, 0) is 48.8 Å². The second-order valence-electron chi connectivity index (χ2n) is 6.58. The predicted molar refractivity (Wildman–Crippen MR) is 95.0 cm³/mol. The van der Waals surface area contributed by atoms with E-state index < -0.39 is 0 Å². The van der Waals surface area contributed by atoms with Crippen molar-refractivity contribution in [2.75, 3.05) is 0 Å². The van der Waals surface area contributed by atoms with Gasteiger partial charge in [-0.3, -0.25) is 4.98 Å². The van der Waals surface area contributed by atoms with Crippen LogP contribution in [0, 0.1) is 0 Å². The zero-order chi connectivity index (χ0) is 15.8. The van der Waals surface area contributed by atoms with Crippen LogP contribution in [0.1, 0.15) is 49.0 Å². The first kappa shape index (κ1) is 14.7. The van der Waals surface area contributed by atoms with Gasteiger partial charge in [0.1, 0.15) is 0 Å². The lowest BCUT2D eigenvalue weighted by molar-refractivity contribution is 0.245. The summed E-state index contributed by atoms with van der Waals surface area (Å²) in [6, 6.07) is 9.20. The highest BCUT2D eigenvalue weighted by Gasteiger charge is 2.43. The van der Waals surface area contributed by atoms with Crippen LogP contribution in [-0.4, -0.2) is 25.6 Å². The molecule has 3 heterocycles. The fourth-order valence-corrected chi connectivity index (χ4v) is 4.39. The number of hydrogen-bond acceptors (Lipinski definition) is 2. The van der Waals surface area contributed by atoms with Crippen LogP contribution in [0.3, 0.4) is 0 Å². The van der Waals surface area contributed by atoms with Crippen LogP contribution >= 0.6 is 12.2 Å². The SMILES string of the molecule is Cn1ccc([C@H]2[C@@H](c3ccccn3)NC(=S)N2C2CCCC2)c1. The molecule has 0 unspecified atom stereocenters. The van der Waals surface area contributed by atoms with Crippen molar-refractivity contribution in [2.45, 2.75) is 43.8 Å². The fraction of sp³-hybridized carbons (Fsp3) is 0.444. The number of aromatic nitrogens is 2. The van der Waals surface area contributed by atoms with Crippen LogP contribution < -0.4 is 5.32 Å². The maximum atomic E-state index is 5.72. The summed E-state index contributed by atoms with van der Waals surface area (Å²) in [4.78, 5) is 7.02. The molecule has 2 fully saturated rings. The van der Waals surface area contributed by atoms with Gasteiger partial charge in [0, 0.05) is 31.7 Å². The van der Waals surface area contributed by atoms with Gasteiger partial charge in [-0.2, -0.15) is 0 Å². The van der Waals surface area contributed by atoms with Crippen LogP contribution in [0.15, 0.2) is 42.9 Å². The largest absolute Gasteiger partial charge is 0.357 e. The third kappa shape index (κ3) is 2.63. The minimum Gasteiger partial charge on any atom is -0.357 e. The molecule has 23 heavy (non-hydrogen) atoms. The van der Waals surface area contributed by atoms with Gasteiger partial charge in [-0.1, -0.05) is 18.9 Å². The van der Waals surface area contributed by atoms with E-state index in [1.54, 1.807) is 0 Å². The lowest BCUT2D eigenvalue weighted by atomic mass is 9.97. The molecule has 1 saturated heterocycles. The Bertz CT molecular complexity index is 690. The van der Waals surface area contributed by atoms with E-state index in [2.05, 4.69) is 51.3 Å². The quantitative estimate of drug-likeness (QED) is 0.877. The number of hydrogen-bond donors (Lipinski definition) is 1. The molecule has 2 aromatic heterocycles. The maximum Gasteiger partial charge on any atom is 0.170 e. The third-order valence-electron chi connectivity index (χ3n) is 5.05. The van der Waals surface area contributed by atoms with Crippen molar-refractivity contribution in [1.29, 1.82) is 0 Å². The molecular weight excluding hydrogens is 304 g/mol. The van der Waals surface area contributed by atoms with Gasteiger partial charge in [0.15, 0.2) is 5.11 Å². The predicted octanol–water partition coefficient (Wildman–Crippen LogP) is 3.34. The highest BCUT2D eigenvalue weighted by Crippen LogP contribution is 2.42. The first-order valence-electron chi connectivity index (χ1n) is 8.35. The molecule has 0 spiro atoms. The zero-order valence-electron chi connectivity index (χ0n) is 13.4. The molecule has 5 heteroatoms. The van der Waals surface area contributed by atoms with Gasteiger partial charge in [0.2, 0.25) is 0 Å². The summed E-state index contributed by atoms with van der Waals surface area (Å²) in [5.41, 5.74) is 2.37. The first-order valence-corrected chi connectivity index (χ1v) is 8.76. The number of pyridine rings is 1. The van der Waals surface area contributed by atoms with E-state index in [9.17, 15) is 0 Å². The van der Waals surface area contributed by atoms with E-state index in [4.69, 9.17) is 12.2 Å². The summed E-state index contributed by atoms with van der Waals surface area (Å²) >= 11 is 5.72. The average molecular weight is 326 g/mol. The van der Waals surface area contributed by atoms with Gasteiger partial charge >= 0.3 is 0 Å². The number of aryl methyl sites for hydroxylation is 1. The topological polar surface area (TPSA) is 33.1 Å². The smallest absolute Gasteiger partial charge is 0.170 e. The summed E-state index contributed by atoms with van der Waals surface area (Å²) in [5.74, 6) is 0. The second kappa shape index (κ2) is 5.96. The van der Waals surface area contributed by atoms with Crippen LogP contribution in [0.5, 0.6) is 0 Å². The molecule has 0 amide bonds.